The van der Waals surface area contributed by atoms with Gasteiger partial charge in [0.2, 0.25) is 17.7 Å². The van der Waals surface area contributed by atoms with Gasteiger partial charge in [-0.05, 0) is 18.2 Å². The molecule has 10 heteroatoms. The fourth-order valence-electron chi connectivity index (χ4n) is 1.72. The summed E-state index contributed by atoms with van der Waals surface area (Å²) in [6.07, 6.45) is 0.791. The van der Waals surface area contributed by atoms with Crippen LogP contribution < -0.4 is 11.1 Å². The van der Waals surface area contributed by atoms with Crippen LogP contribution in [-0.2, 0) is 19.2 Å². The lowest BCUT2D eigenvalue weighted by Crippen LogP contribution is -2.41. The Labute approximate surface area is 155 Å². The minimum absolute atomic E-state index is 0.0359. The molecule has 26 heavy (non-hydrogen) atoms. The summed E-state index contributed by atoms with van der Waals surface area (Å²) in [7, 11) is 0. The summed E-state index contributed by atoms with van der Waals surface area (Å²) in [6.45, 7) is 6.47. The van der Waals surface area contributed by atoms with Crippen LogP contribution in [0.3, 0.4) is 0 Å². The Morgan fingerprint density at radius 3 is 2.23 bits per heavy atom. The number of imide groups is 1. The third-order valence-electron chi connectivity index (χ3n) is 2.87. The van der Waals surface area contributed by atoms with Gasteiger partial charge in [0.25, 0.3) is 5.91 Å². The third-order valence-corrected chi connectivity index (χ3v) is 3.07. The molecule has 0 aromatic rings. The van der Waals surface area contributed by atoms with Crippen LogP contribution in [0.2, 0.25) is 0 Å². The number of thiol groups is 1. The molecule has 2 unspecified atom stereocenters. The van der Waals surface area contributed by atoms with E-state index < -0.39 is 35.8 Å². The van der Waals surface area contributed by atoms with E-state index in [4.69, 9.17) is 5.73 Å². The first-order valence-corrected chi connectivity index (χ1v) is 7.88. The molecule has 0 spiro atoms. The summed E-state index contributed by atoms with van der Waals surface area (Å²) in [6, 6.07) is 0. The van der Waals surface area contributed by atoms with Crippen molar-refractivity contribution in [2.45, 2.75) is 12.2 Å². The van der Waals surface area contributed by atoms with Gasteiger partial charge in [-0.3, -0.25) is 24.5 Å². The van der Waals surface area contributed by atoms with Gasteiger partial charge >= 0.3 is 0 Å². The van der Waals surface area contributed by atoms with Crippen LogP contribution in [0.1, 0.15) is 0 Å². The Bertz CT molecular complexity index is 644. The molecule has 4 amide bonds. The summed E-state index contributed by atoms with van der Waals surface area (Å²) in [5.41, 5.74) is 4.58. The zero-order valence-electron chi connectivity index (χ0n) is 13.9. The molecule has 0 aromatic carbocycles. The number of nitrogens with one attached hydrogen (secondary N) is 1. The molecule has 0 radical (unpaired) electrons. The van der Waals surface area contributed by atoms with Crippen molar-refractivity contribution in [3.63, 3.8) is 0 Å². The van der Waals surface area contributed by atoms with Crippen molar-refractivity contribution in [1.82, 2.24) is 10.2 Å². The van der Waals surface area contributed by atoms with Crippen molar-refractivity contribution >= 4 is 36.3 Å². The largest absolute Gasteiger partial charge is 0.386 e. The molecule has 0 saturated heterocycles. The summed E-state index contributed by atoms with van der Waals surface area (Å²) in [4.78, 5) is 46.8. The standard InChI is InChI=1S/C16H21N3O6S/c1-3-13(22)18-14(23)9-10(19(7-8-26)15(24)4-2)16(25)11(20)5-6-12(17)21/h3-6,9,11,16,20,25-26H,1-2,7-8H2,(H2,17,21)(H,18,22,23). The zero-order valence-corrected chi connectivity index (χ0v) is 14.8. The molecule has 0 aliphatic carbocycles. The van der Waals surface area contributed by atoms with E-state index in [2.05, 4.69) is 25.8 Å². The van der Waals surface area contributed by atoms with Gasteiger partial charge < -0.3 is 20.8 Å². The maximum Gasteiger partial charge on any atom is 0.252 e. The monoisotopic (exact) mass is 383 g/mol. The predicted molar refractivity (Wildman–Crippen MR) is 97.5 cm³/mol. The van der Waals surface area contributed by atoms with Gasteiger partial charge in [0.1, 0.15) is 12.2 Å². The summed E-state index contributed by atoms with van der Waals surface area (Å²) >= 11 is 3.99. The summed E-state index contributed by atoms with van der Waals surface area (Å²) in [5.74, 6) is -3.16. The molecule has 142 valence electrons. The van der Waals surface area contributed by atoms with Crippen molar-refractivity contribution in [2.24, 2.45) is 5.73 Å². The molecule has 2 atom stereocenters. The lowest BCUT2D eigenvalue weighted by atomic mass is 10.1. The fraction of sp³-hybridized carbons (Fsp3) is 0.250. The number of aliphatic hydroxyl groups excluding tert-OH is 2. The van der Waals surface area contributed by atoms with E-state index in [1.54, 1.807) is 0 Å². The van der Waals surface area contributed by atoms with Crippen LogP contribution >= 0.6 is 12.6 Å². The number of hydrogen-bond acceptors (Lipinski definition) is 7. The van der Waals surface area contributed by atoms with E-state index >= 15 is 0 Å². The molecule has 9 nitrogen and oxygen atoms in total. The van der Waals surface area contributed by atoms with Gasteiger partial charge in [-0.1, -0.05) is 13.2 Å². The first-order valence-electron chi connectivity index (χ1n) is 7.25. The highest BCUT2D eigenvalue weighted by Crippen LogP contribution is 2.15. The van der Waals surface area contributed by atoms with Crippen LogP contribution in [0.5, 0.6) is 0 Å². The molecule has 0 aromatic heterocycles. The molecule has 0 aliphatic rings. The predicted octanol–water partition coefficient (Wildman–Crippen LogP) is -1.59. The number of primary amides is 1. The Hall–Kier alpha value is -2.69. The smallest absolute Gasteiger partial charge is 0.252 e. The Kier molecular flexibility index (Phi) is 10.6. The molecule has 0 saturated carbocycles. The van der Waals surface area contributed by atoms with Crippen molar-refractivity contribution in [3.05, 3.63) is 49.2 Å². The van der Waals surface area contributed by atoms with Crippen molar-refractivity contribution < 1.29 is 29.4 Å². The van der Waals surface area contributed by atoms with Gasteiger partial charge in [0, 0.05) is 24.4 Å². The molecule has 0 bridgehead atoms. The van der Waals surface area contributed by atoms with Crippen molar-refractivity contribution in [3.8, 4) is 0 Å². The van der Waals surface area contributed by atoms with Crippen LogP contribution in [0.25, 0.3) is 0 Å². The molecule has 0 rings (SSSR count). The minimum atomic E-state index is -1.79. The van der Waals surface area contributed by atoms with E-state index in [9.17, 15) is 29.4 Å². The Morgan fingerprint density at radius 2 is 1.77 bits per heavy atom. The van der Waals surface area contributed by atoms with Crippen LogP contribution in [0, 0.1) is 0 Å². The van der Waals surface area contributed by atoms with Gasteiger partial charge in [-0.15, -0.1) is 0 Å². The van der Waals surface area contributed by atoms with Gasteiger partial charge in [0.15, 0.2) is 0 Å². The van der Waals surface area contributed by atoms with Crippen molar-refractivity contribution in [2.75, 3.05) is 12.3 Å². The normalized spacial score (nSPS) is 13.6. The summed E-state index contributed by atoms with van der Waals surface area (Å²) in [5, 5.41) is 22.2. The molecular weight excluding hydrogens is 362 g/mol. The molecule has 0 fully saturated rings. The highest BCUT2D eigenvalue weighted by molar-refractivity contribution is 7.80. The second kappa shape index (κ2) is 11.8. The first kappa shape index (κ1) is 23.3. The number of amides is 4. The number of nitrogens with two attached hydrogens (primary N) is 1. The zero-order chi connectivity index (χ0) is 20.3. The van der Waals surface area contributed by atoms with Crippen molar-refractivity contribution in [1.29, 1.82) is 0 Å². The van der Waals surface area contributed by atoms with Crippen LogP contribution in [-0.4, -0.2) is 63.2 Å². The number of nitrogens with zero attached hydrogens (tertiary/aromatic N) is 1. The highest BCUT2D eigenvalue weighted by Gasteiger charge is 2.27. The second-order valence-electron chi connectivity index (χ2n) is 4.74. The van der Waals surface area contributed by atoms with Crippen LogP contribution in [0.15, 0.2) is 49.2 Å². The number of hydrogen-bond donors (Lipinski definition) is 5. The molecular formula is C16H21N3O6S. The second-order valence-corrected chi connectivity index (χ2v) is 5.19. The lowest BCUT2D eigenvalue weighted by Gasteiger charge is -2.28. The van der Waals surface area contributed by atoms with E-state index in [0.29, 0.717) is 0 Å². The Balaban J connectivity index is 5.90. The van der Waals surface area contributed by atoms with Crippen LogP contribution in [0.4, 0.5) is 0 Å². The fourth-order valence-corrected chi connectivity index (χ4v) is 1.92. The number of rotatable bonds is 10. The van der Waals surface area contributed by atoms with Gasteiger partial charge in [-0.25, -0.2) is 0 Å². The Morgan fingerprint density at radius 1 is 1.15 bits per heavy atom. The SMILES string of the molecule is C=CC(=O)NC(=O)C=C(C(O)C(O)C=CC(N)=O)N(CCS)C(=O)C=C. The van der Waals surface area contributed by atoms with E-state index in [0.717, 1.165) is 35.3 Å². The number of carbonyl (C=O) groups excluding carboxylic acids is 4. The van der Waals surface area contributed by atoms with E-state index in [-0.39, 0.29) is 18.0 Å². The third kappa shape index (κ3) is 7.92. The number of aliphatic hydroxyl groups is 2. The molecule has 5 N–H and O–H groups in total. The average Bonchev–Trinajstić information content (AvgIpc) is 2.60. The van der Waals surface area contributed by atoms with E-state index in [1.807, 2.05) is 5.32 Å². The van der Waals surface area contributed by atoms with Gasteiger partial charge in [-0.2, -0.15) is 12.6 Å². The van der Waals surface area contributed by atoms with E-state index in [1.165, 1.54) is 0 Å². The maximum absolute atomic E-state index is 12.0. The maximum atomic E-state index is 12.0. The first-order chi connectivity index (χ1) is 12.2. The van der Waals surface area contributed by atoms with Gasteiger partial charge in [0.05, 0.1) is 5.70 Å². The molecule has 0 heterocycles. The summed E-state index contributed by atoms with van der Waals surface area (Å²) < 4.78 is 0. The average molecular weight is 383 g/mol. The quantitative estimate of drug-likeness (QED) is 0.227. The molecule has 0 aliphatic heterocycles. The topological polar surface area (TPSA) is 150 Å². The lowest BCUT2D eigenvalue weighted by molar-refractivity contribution is -0.125. The highest BCUT2D eigenvalue weighted by atomic mass is 32.1. The minimum Gasteiger partial charge on any atom is -0.386 e. The number of carbonyl (C=O) groups is 4.